The molecule has 0 atom stereocenters. The summed E-state index contributed by atoms with van der Waals surface area (Å²) in [6, 6.07) is 9.76. The zero-order valence-electron chi connectivity index (χ0n) is 16.3. The molecular formula is C21H25N5O2. The maximum absolute atomic E-state index is 12.1. The second kappa shape index (κ2) is 8.06. The van der Waals surface area contributed by atoms with E-state index in [2.05, 4.69) is 32.2 Å². The standard InChI is InChI=1S/C21H25N5O2/c1-3-19-24-25-20(28-19)13-26(2)12-14-6-4-9-16(10-14)21-22-17(11-18(27)23-21)15-7-5-8-15/h4,6,9-11,15H,3,5,7-8,12-13H2,1-2H3,(H,22,23,27). The maximum atomic E-state index is 12.1. The van der Waals surface area contributed by atoms with E-state index in [-0.39, 0.29) is 5.56 Å². The lowest BCUT2D eigenvalue weighted by Gasteiger charge is -2.24. The summed E-state index contributed by atoms with van der Waals surface area (Å²) in [6.45, 7) is 3.30. The Balaban J connectivity index is 1.49. The van der Waals surface area contributed by atoms with Crippen molar-refractivity contribution in [1.29, 1.82) is 0 Å². The summed E-state index contributed by atoms with van der Waals surface area (Å²) in [5.41, 5.74) is 2.88. The van der Waals surface area contributed by atoms with Gasteiger partial charge in [-0.2, -0.15) is 0 Å². The molecule has 0 unspecified atom stereocenters. The molecule has 0 spiro atoms. The van der Waals surface area contributed by atoms with Gasteiger partial charge in [-0.25, -0.2) is 4.98 Å². The zero-order chi connectivity index (χ0) is 19.5. The lowest BCUT2D eigenvalue weighted by Crippen LogP contribution is -2.18. The van der Waals surface area contributed by atoms with Crippen LogP contribution in [0.1, 0.15) is 55.1 Å². The van der Waals surface area contributed by atoms with Crippen LogP contribution in [-0.2, 0) is 19.5 Å². The minimum Gasteiger partial charge on any atom is -0.424 e. The Bertz CT molecular complexity index is 1010. The minimum atomic E-state index is -0.0856. The molecule has 2 aromatic heterocycles. The Kier molecular flexibility index (Phi) is 5.34. The average Bonchev–Trinajstić information content (AvgIpc) is 3.07. The van der Waals surface area contributed by atoms with Gasteiger partial charge in [0.2, 0.25) is 11.8 Å². The Morgan fingerprint density at radius 2 is 2.00 bits per heavy atom. The molecule has 1 N–H and O–H groups in total. The van der Waals surface area contributed by atoms with Crippen LogP contribution in [0.25, 0.3) is 11.4 Å². The highest BCUT2D eigenvalue weighted by Gasteiger charge is 2.22. The molecule has 1 fully saturated rings. The largest absolute Gasteiger partial charge is 0.424 e. The minimum absolute atomic E-state index is 0.0856. The summed E-state index contributed by atoms with van der Waals surface area (Å²) < 4.78 is 5.59. The van der Waals surface area contributed by atoms with Crippen LogP contribution in [0, 0.1) is 0 Å². The van der Waals surface area contributed by atoms with Gasteiger partial charge in [-0.05, 0) is 31.5 Å². The van der Waals surface area contributed by atoms with E-state index in [4.69, 9.17) is 9.40 Å². The first kappa shape index (κ1) is 18.6. The fourth-order valence-corrected chi connectivity index (χ4v) is 3.44. The summed E-state index contributed by atoms with van der Waals surface area (Å²) in [7, 11) is 2.01. The van der Waals surface area contributed by atoms with Crippen molar-refractivity contribution in [1.82, 2.24) is 25.1 Å². The van der Waals surface area contributed by atoms with Gasteiger partial charge >= 0.3 is 0 Å². The smallest absolute Gasteiger partial charge is 0.251 e. The Hall–Kier alpha value is -2.80. The summed E-state index contributed by atoms with van der Waals surface area (Å²) in [5, 5.41) is 8.08. The van der Waals surface area contributed by atoms with Crippen LogP contribution in [0.15, 0.2) is 39.5 Å². The highest BCUT2D eigenvalue weighted by Crippen LogP contribution is 2.35. The van der Waals surface area contributed by atoms with E-state index in [1.54, 1.807) is 6.07 Å². The van der Waals surface area contributed by atoms with Gasteiger partial charge in [-0.1, -0.05) is 31.5 Å². The third-order valence-corrected chi connectivity index (χ3v) is 5.15. The van der Waals surface area contributed by atoms with Gasteiger partial charge in [0, 0.05) is 30.5 Å². The van der Waals surface area contributed by atoms with Crippen molar-refractivity contribution in [3.63, 3.8) is 0 Å². The fraction of sp³-hybridized carbons (Fsp3) is 0.429. The van der Waals surface area contributed by atoms with Crippen molar-refractivity contribution in [2.75, 3.05) is 7.05 Å². The van der Waals surface area contributed by atoms with E-state index in [0.29, 0.717) is 30.1 Å². The van der Waals surface area contributed by atoms with E-state index in [9.17, 15) is 4.79 Å². The van der Waals surface area contributed by atoms with Gasteiger partial charge in [0.1, 0.15) is 5.82 Å². The fourth-order valence-electron chi connectivity index (χ4n) is 3.44. The number of aromatic nitrogens is 4. The molecule has 4 rings (SSSR count). The molecule has 7 heteroatoms. The number of aryl methyl sites for hydroxylation is 1. The first-order valence-corrected chi connectivity index (χ1v) is 9.81. The summed E-state index contributed by atoms with van der Waals surface area (Å²) in [6.07, 6.45) is 4.20. The molecule has 0 amide bonds. The molecule has 1 saturated carbocycles. The van der Waals surface area contributed by atoms with Crippen LogP contribution in [-0.4, -0.2) is 32.1 Å². The average molecular weight is 379 g/mol. The van der Waals surface area contributed by atoms with Crippen LogP contribution in [0.5, 0.6) is 0 Å². The first-order chi connectivity index (χ1) is 13.6. The molecule has 0 radical (unpaired) electrons. The van der Waals surface area contributed by atoms with Crippen molar-refractivity contribution in [2.24, 2.45) is 0 Å². The van der Waals surface area contributed by atoms with E-state index in [0.717, 1.165) is 42.6 Å². The number of aromatic amines is 1. The highest BCUT2D eigenvalue weighted by molar-refractivity contribution is 5.56. The van der Waals surface area contributed by atoms with E-state index in [1.807, 2.05) is 26.1 Å². The lowest BCUT2D eigenvalue weighted by atomic mass is 9.83. The molecule has 1 aliphatic rings. The molecule has 146 valence electrons. The number of hydrogen-bond donors (Lipinski definition) is 1. The third kappa shape index (κ3) is 4.20. The predicted molar refractivity (Wildman–Crippen MR) is 106 cm³/mol. The second-order valence-electron chi connectivity index (χ2n) is 7.46. The topological polar surface area (TPSA) is 87.9 Å². The van der Waals surface area contributed by atoms with Crippen LogP contribution in [0.4, 0.5) is 0 Å². The Labute approximate surface area is 163 Å². The predicted octanol–water partition coefficient (Wildman–Crippen LogP) is 3.28. The summed E-state index contributed by atoms with van der Waals surface area (Å²) in [4.78, 5) is 21.8. The SMILES string of the molecule is CCc1nnc(CN(C)Cc2cccc(-c3nc(C4CCC4)cc(=O)[nH]3)c2)o1. The highest BCUT2D eigenvalue weighted by atomic mass is 16.4. The first-order valence-electron chi connectivity index (χ1n) is 9.81. The third-order valence-electron chi connectivity index (χ3n) is 5.15. The van der Waals surface area contributed by atoms with Gasteiger partial charge in [-0.15, -0.1) is 10.2 Å². The van der Waals surface area contributed by atoms with Gasteiger partial charge < -0.3 is 9.40 Å². The van der Waals surface area contributed by atoms with E-state index < -0.39 is 0 Å². The maximum Gasteiger partial charge on any atom is 0.251 e. The van der Waals surface area contributed by atoms with Gasteiger partial charge in [0.25, 0.3) is 5.56 Å². The zero-order valence-corrected chi connectivity index (χ0v) is 16.3. The number of nitrogens with one attached hydrogen (secondary N) is 1. The van der Waals surface area contributed by atoms with Crippen molar-refractivity contribution in [3.8, 4) is 11.4 Å². The number of hydrogen-bond acceptors (Lipinski definition) is 6. The number of benzene rings is 1. The Morgan fingerprint density at radius 1 is 1.18 bits per heavy atom. The van der Waals surface area contributed by atoms with Crippen LogP contribution in [0.2, 0.25) is 0 Å². The molecular weight excluding hydrogens is 354 g/mol. The molecule has 0 aliphatic heterocycles. The van der Waals surface area contributed by atoms with E-state index >= 15 is 0 Å². The molecule has 28 heavy (non-hydrogen) atoms. The second-order valence-corrected chi connectivity index (χ2v) is 7.46. The van der Waals surface area contributed by atoms with Gasteiger partial charge in [0.05, 0.1) is 12.2 Å². The van der Waals surface area contributed by atoms with Crippen LogP contribution in [0.3, 0.4) is 0 Å². The summed E-state index contributed by atoms with van der Waals surface area (Å²) in [5.74, 6) is 2.35. The molecule has 7 nitrogen and oxygen atoms in total. The van der Waals surface area contributed by atoms with Gasteiger partial charge in [0.15, 0.2) is 0 Å². The normalized spacial score (nSPS) is 14.4. The van der Waals surface area contributed by atoms with Crippen molar-refractivity contribution < 1.29 is 4.42 Å². The molecule has 1 aliphatic carbocycles. The van der Waals surface area contributed by atoms with Crippen LogP contribution < -0.4 is 5.56 Å². The molecule has 2 heterocycles. The van der Waals surface area contributed by atoms with Gasteiger partial charge in [-0.3, -0.25) is 9.69 Å². The number of H-pyrrole nitrogens is 1. The molecule has 1 aromatic carbocycles. The molecule has 0 bridgehead atoms. The summed E-state index contributed by atoms with van der Waals surface area (Å²) >= 11 is 0. The van der Waals surface area contributed by atoms with Crippen molar-refractivity contribution in [3.05, 3.63) is 63.7 Å². The van der Waals surface area contributed by atoms with E-state index in [1.165, 1.54) is 6.42 Å². The lowest BCUT2D eigenvalue weighted by molar-refractivity contribution is 0.277. The molecule has 0 saturated heterocycles. The van der Waals surface area contributed by atoms with Crippen molar-refractivity contribution in [2.45, 2.75) is 51.6 Å². The monoisotopic (exact) mass is 379 g/mol. The Morgan fingerprint density at radius 3 is 2.71 bits per heavy atom. The number of rotatable bonds is 7. The van der Waals surface area contributed by atoms with Crippen LogP contribution >= 0.6 is 0 Å². The van der Waals surface area contributed by atoms with Crippen molar-refractivity contribution >= 4 is 0 Å². The number of nitrogens with zero attached hydrogens (tertiary/aromatic N) is 4. The molecule has 3 aromatic rings. The quantitative estimate of drug-likeness (QED) is 0.678.